The van der Waals surface area contributed by atoms with Crippen LogP contribution in [0.2, 0.25) is 0 Å². The summed E-state index contributed by atoms with van der Waals surface area (Å²) in [6, 6.07) is 7.02. The highest BCUT2D eigenvalue weighted by atomic mass is 32.1. The number of hydrogen-bond donors (Lipinski definition) is 1. The molecule has 5 nitrogen and oxygen atoms in total. The average Bonchev–Trinajstić information content (AvgIpc) is 2.99. The van der Waals surface area contributed by atoms with Crippen molar-refractivity contribution in [3.05, 3.63) is 46.4 Å². The zero-order valence-corrected chi connectivity index (χ0v) is 12.0. The van der Waals surface area contributed by atoms with E-state index in [9.17, 15) is 4.79 Å². The van der Waals surface area contributed by atoms with E-state index in [1.807, 2.05) is 5.38 Å². The summed E-state index contributed by atoms with van der Waals surface area (Å²) in [4.78, 5) is 15.9. The third kappa shape index (κ3) is 4.32. The minimum atomic E-state index is -0.117. The van der Waals surface area contributed by atoms with E-state index < -0.39 is 0 Å². The molecule has 0 saturated heterocycles. The molecule has 0 saturated carbocycles. The normalized spacial score (nSPS) is 10.2. The molecule has 2 rings (SSSR count). The molecule has 0 aliphatic heterocycles. The van der Waals surface area contributed by atoms with Gasteiger partial charge in [0.25, 0.3) is 5.91 Å². The molecule has 1 aromatic heterocycles. The summed E-state index contributed by atoms with van der Waals surface area (Å²) in [6.07, 6.45) is 0. The largest absolute Gasteiger partial charge is 0.487 e. The Morgan fingerprint density at radius 3 is 2.80 bits per heavy atom. The van der Waals surface area contributed by atoms with Crippen LogP contribution in [0.3, 0.4) is 0 Å². The first kappa shape index (κ1) is 14.5. The van der Waals surface area contributed by atoms with Crippen LogP contribution < -0.4 is 10.1 Å². The molecule has 20 heavy (non-hydrogen) atoms. The number of rotatable bonds is 7. The summed E-state index contributed by atoms with van der Waals surface area (Å²) in [5, 5.41) is 4.70. The molecule has 0 radical (unpaired) electrons. The third-order valence-corrected chi connectivity index (χ3v) is 3.21. The first-order chi connectivity index (χ1) is 9.79. The lowest BCUT2D eigenvalue weighted by Crippen LogP contribution is -2.26. The molecule has 106 valence electrons. The van der Waals surface area contributed by atoms with Crippen molar-refractivity contribution in [2.75, 3.05) is 20.3 Å². The Bertz CT molecular complexity index is 526. The Morgan fingerprint density at radius 1 is 1.35 bits per heavy atom. The number of ether oxygens (including phenoxy) is 2. The molecule has 0 fully saturated rings. The van der Waals surface area contributed by atoms with Crippen LogP contribution in [-0.2, 0) is 11.3 Å². The molecule has 0 aliphatic carbocycles. The van der Waals surface area contributed by atoms with Crippen molar-refractivity contribution in [1.82, 2.24) is 10.3 Å². The zero-order valence-electron chi connectivity index (χ0n) is 11.2. The van der Waals surface area contributed by atoms with Crippen molar-refractivity contribution < 1.29 is 14.3 Å². The lowest BCUT2D eigenvalue weighted by atomic mass is 10.2. The fraction of sp³-hybridized carbons (Fsp3) is 0.286. The van der Waals surface area contributed by atoms with Gasteiger partial charge in [0.2, 0.25) is 0 Å². The number of aromatic nitrogens is 1. The lowest BCUT2D eigenvalue weighted by Gasteiger charge is -2.07. The van der Waals surface area contributed by atoms with Gasteiger partial charge in [0.05, 0.1) is 17.8 Å². The van der Waals surface area contributed by atoms with Gasteiger partial charge >= 0.3 is 0 Å². The van der Waals surface area contributed by atoms with E-state index in [1.165, 1.54) is 11.3 Å². The number of thiazole rings is 1. The van der Waals surface area contributed by atoms with Gasteiger partial charge in [-0.1, -0.05) is 0 Å². The molecule has 1 amide bonds. The van der Waals surface area contributed by atoms with Gasteiger partial charge in [-0.05, 0) is 24.3 Å². The number of benzene rings is 1. The molecule has 0 bridgehead atoms. The third-order valence-electron chi connectivity index (χ3n) is 2.58. The maximum atomic E-state index is 11.8. The molecule has 2 aromatic rings. The Balaban J connectivity index is 1.84. The van der Waals surface area contributed by atoms with Gasteiger partial charge in [-0.15, -0.1) is 11.3 Å². The quantitative estimate of drug-likeness (QED) is 0.794. The average molecular weight is 292 g/mol. The second-order valence-electron chi connectivity index (χ2n) is 4.04. The SMILES string of the molecule is COCCNC(=O)c1ccc(OCc2cscn2)cc1. The molecule has 6 heteroatoms. The summed E-state index contributed by atoms with van der Waals surface area (Å²) < 4.78 is 10.5. The summed E-state index contributed by atoms with van der Waals surface area (Å²) in [7, 11) is 1.60. The Morgan fingerprint density at radius 2 is 2.15 bits per heavy atom. The topological polar surface area (TPSA) is 60.5 Å². The van der Waals surface area contributed by atoms with Crippen molar-refractivity contribution in [2.24, 2.45) is 0 Å². The number of carbonyl (C=O) groups is 1. The van der Waals surface area contributed by atoms with E-state index >= 15 is 0 Å². The minimum absolute atomic E-state index is 0.117. The fourth-order valence-electron chi connectivity index (χ4n) is 1.54. The molecule has 1 aromatic carbocycles. The lowest BCUT2D eigenvalue weighted by molar-refractivity contribution is 0.0937. The van der Waals surface area contributed by atoms with Crippen molar-refractivity contribution >= 4 is 17.2 Å². The number of carbonyl (C=O) groups excluding carboxylic acids is 1. The number of nitrogens with zero attached hydrogens (tertiary/aromatic N) is 1. The van der Waals surface area contributed by atoms with E-state index in [2.05, 4.69) is 10.3 Å². The van der Waals surface area contributed by atoms with Crippen LogP contribution in [0.5, 0.6) is 5.75 Å². The second-order valence-corrected chi connectivity index (χ2v) is 4.76. The number of nitrogens with one attached hydrogen (secondary N) is 1. The predicted molar refractivity (Wildman–Crippen MR) is 77.1 cm³/mol. The zero-order chi connectivity index (χ0) is 14.2. The highest BCUT2D eigenvalue weighted by molar-refractivity contribution is 7.07. The van der Waals surface area contributed by atoms with Crippen LogP contribution in [0.25, 0.3) is 0 Å². The van der Waals surface area contributed by atoms with E-state index in [4.69, 9.17) is 9.47 Å². The Hall–Kier alpha value is -1.92. The van der Waals surface area contributed by atoms with Crippen LogP contribution in [-0.4, -0.2) is 31.2 Å². The first-order valence-corrected chi connectivity index (χ1v) is 7.11. The van der Waals surface area contributed by atoms with Gasteiger partial charge in [0, 0.05) is 24.6 Å². The van der Waals surface area contributed by atoms with Crippen molar-refractivity contribution in [2.45, 2.75) is 6.61 Å². The summed E-state index contributed by atoms with van der Waals surface area (Å²) in [5.74, 6) is 0.597. The molecular weight excluding hydrogens is 276 g/mol. The van der Waals surface area contributed by atoms with Gasteiger partial charge in [0.1, 0.15) is 12.4 Å². The van der Waals surface area contributed by atoms with Gasteiger partial charge in [-0.2, -0.15) is 0 Å². The van der Waals surface area contributed by atoms with E-state index in [1.54, 1.807) is 36.9 Å². The maximum Gasteiger partial charge on any atom is 0.251 e. The summed E-state index contributed by atoms with van der Waals surface area (Å²) >= 11 is 1.54. The Labute approximate surface area is 121 Å². The molecule has 0 spiro atoms. The molecular formula is C14H16N2O3S. The van der Waals surface area contributed by atoms with E-state index in [-0.39, 0.29) is 5.91 Å². The smallest absolute Gasteiger partial charge is 0.251 e. The number of amides is 1. The van der Waals surface area contributed by atoms with Gasteiger partial charge in [-0.3, -0.25) is 4.79 Å². The van der Waals surface area contributed by atoms with Crippen molar-refractivity contribution in [3.8, 4) is 5.75 Å². The monoisotopic (exact) mass is 292 g/mol. The van der Waals surface area contributed by atoms with Crippen LogP contribution in [0.4, 0.5) is 0 Å². The van der Waals surface area contributed by atoms with Gasteiger partial charge < -0.3 is 14.8 Å². The molecule has 0 aliphatic rings. The Kier molecular flexibility index (Phi) is 5.52. The van der Waals surface area contributed by atoms with Gasteiger partial charge in [-0.25, -0.2) is 4.98 Å². The number of methoxy groups -OCH3 is 1. The highest BCUT2D eigenvalue weighted by Crippen LogP contribution is 2.14. The van der Waals surface area contributed by atoms with Crippen LogP contribution in [0.15, 0.2) is 35.2 Å². The van der Waals surface area contributed by atoms with Crippen molar-refractivity contribution in [1.29, 1.82) is 0 Å². The molecule has 0 atom stereocenters. The first-order valence-electron chi connectivity index (χ1n) is 6.16. The fourth-order valence-corrected chi connectivity index (χ4v) is 2.08. The molecule has 1 N–H and O–H groups in total. The van der Waals surface area contributed by atoms with E-state index in [0.717, 1.165) is 5.69 Å². The van der Waals surface area contributed by atoms with Crippen molar-refractivity contribution in [3.63, 3.8) is 0 Å². The predicted octanol–water partition coefficient (Wildman–Crippen LogP) is 2.10. The summed E-state index contributed by atoms with van der Waals surface area (Å²) in [6.45, 7) is 1.43. The standard InChI is InChI=1S/C14H16N2O3S/c1-18-7-6-15-14(17)11-2-4-13(5-3-11)19-8-12-9-20-10-16-12/h2-5,9-10H,6-8H2,1H3,(H,15,17). The molecule has 0 unspecified atom stereocenters. The number of hydrogen-bond acceptors (Lipinski definition) is 5. The summed E-state index contributed by atoms with van der Waals surface area (Å²) in [5.41, 5.74) is 3.27. The van der Waals surface area contributed by atoms with Gasteiger partial charge in [0.15, 0.2) is 0 Å². The van der Waals surface area contributed by atoms with Crippen LogP contribution in [0.1, 0.15) is 16.1 Å². The molecule has 1 heterocycles. The van der Waals surface area contributed by atoms with Crippen LogP contribution >= 0.6 is 11.3 Å². The maximum absolute atomic E-state index is 11.8. The van der Waals surface area contributed by atoms with Crippen LogP contribution in [0, 0.1) is 0 Å². The minimum Gasteiger partial charge on any atom is -0.487 e. The highest BCUT2D eigenvalue weighted by Gasteiger charge is 2.05. The second kappa shape index (κ2) is 7.62. The van der Waals surface area contributed by atoms with E-state index in [0.29, 0.717) is 31.1 Å².